The second-order valence-corrected chi connectivity index (χ2v) is 7.38. The van der Waals surface area contributed by atoms with Crippen LogP contribution in [0.25, 0.3) is 0 Å². The summed E-state index contributed by atoms with van der Waals surface area (Å²) >= 11 is 0. The maximum absolute atomic E-state index is 11.9. The van der Waals surface area contributed by atoms with E-state index >= 15 is 0 Å². The first-order chi connectivity index (χ1) is 10.1. The van der Waals surface area contributed by atoms with Crippen molar-refractivity contribution in [3.8, 4) is 0 Å². The number of carboxylic acid groups (broad SMARTS) is 1. The Kier molecular flexibility index (Phi) is 4.55. The SMILES string of the molecule is CCCCN(C1CC1)C1CCCC(NC2CC2)(C(=O)O)C1. The number of nitrogens with one attached hydrogen (secondary N) is 1. The van der Waals surface area contributed by atoms with E-state index in [-0.39, 0.29) is 0 Å². The molecule has 0 aromatic heterocycles. The van der Waals surface area contributed by atoms with E-state index in [9.17, 15) is 9.90 Å². The molecule has 2 unspecified atom stereocenters. The quantitative estimate of drug-likeness (QED) is 0.723. The molecular weight excluding hydrogens is 264 g/mol. The highest BCUT2D eigenvalue weighted by Crippen LogP contribution is 2.39. The van der Waals surface area contributed by atoms with Crippen LogP contribution in [0.3, 0.4) is 0 Å². The van der Waals surface area contributed by atoms with Gasteiger partial charge in [0.2, 0.25) is 0 Å². The summed E-state index contributed by atoms with van der Waals surface area (Å²) in [6.07, 6.45) is 11.2. The van der Waals surface area contributed by atoms with Crippen LogP contribution in [0.2, 0.25) is 0 Å². The van der Waals surface area contributed by atoms with Crippen LogP contribution in [0.15, 0.2) is 0 Å². The molecule has 0 aliphatic heterocycles. The van der Waals surface area contributed by atoms with Gasteiger partial charge in [-0.3, -0.25) is 15.0 Å². The minimum absolute atomic E-state index is 0.463. The first-order valence-electron chi connectivity index (χ1n) is 8.91. The summed E-state index contributed by atoms with van der Waals surface area (Å²) in [4.78, 5) is 14.6. The lowest BCUT2D eigenvalue weighted by atomic mass is 9.78. The average molecular weight is 294 g/mol. The van der Waals surface area contributed by atoms with Crippen molar-refractivity contribution >= 4 is 5.97 Å². The molecule has 4 nitrogen and oxygen atoms in total. The van der Waals surface area contributed by atoms with Gasteiger partial charge in [0.05, 0.1) is 0 Å². The van der Waals surface area contributed by atoms with Gasteiger partial charge in [-0.2, -0.15) is 0 Å². The Bertz CT molecular complexity index is 379. The monoisotopic (exact) mass is 294 g/mol. The summed E-state index contributed by atoms with van der Waals surface area (Å²) in [6, 6.07) is 1.68. The standard InChI is InChI=1S/C17H30N2O2/c1-2-3-11-19(14-8-9-14)15-5-4-10-17(12-15,16(20)21)18-13-6-7-13/h13-15,18H,2-12H2,1H3,(H,20,21). The highest BCUT2D eigenvalue weighted by Gasteiger charge is 2.48. The fraction of sp³-hybridized carbons (Fsp3) is 0.941. The first-order valence-corrected chi connectivity index (χ1v) is 8.91. The van der Waals surface area contributed by atoms with Gasteiger partial charge >= 0.3 is 5.97 Å². The first kappa shape index (κ1) is 15.3. The summed E-state index contributed by atoms with van der Waals surface area (Å²) in [5.41, 5.74) is -0.649. The second kappa shape index (κ2) is 6.25. The Hall–Kier alpha value is -0.610. The van der Waals surface area contributed by atoms with Gasteiger partial charge < -0.3 is 5.11 Å². The van der Waals surface area contributed by atoms with Crippen molar-refractivity contribution in [3.05, 3.63) is 0 Å². The van der Waals surface area contributed by atoms with Gasteiger partial charge in [-0.05, 0) is 64.3 Å². The van der Waals surface area contributed by atoms with Gasteiger partial charge in [-0.25, -0.2) is 0 Å². The van der Waals surface area contributed by atoms with Crippen LogP contribution in [0.4, 0.5) is 0 Å². The van der Waals surface area contributed by atoms with E-state index in [1.807, 2.05) is 0 Å². The Balaban J connectivity index is 1.68. The number of unbranched alkanes of at least 4 members (excludes halogenated alkanes) is 1. The Labute approximate surface area is 128 Å². The van der Waals surface area contributed by atoms with E-state index in [4.69, 9.17) is 0 Å². The molecule has 0 spiro atoms. The minimum Gasteiger partial charge on any atom is -0.480 e. The van der Waals surface area contributed by atoms with Crippen molar-refractivity contribution in [2.24, 2.45) is 0 Å². The summed E-state index contributed by atoms with van der Waals surface area (Å²) in [7, 11) is 0. The maximum Gasteiger partial charge on any atom is 0.323 e. The molecule has 21 heavy (non-hydrogen) atoms. The van der Waals surface area contributed by atoms with Crippen LogP contribution in [-0.2, 0) is 4.79 Å². The molecule has 0 bridgehead atoms. The van der Waals surface area contributed by atoms with Crippen LogP contribution in [0.5, 0.6) is 0 Å². The van der Waals surface area contributed by atoms with Gasteiger partial charge in [0.15, 0.2) is 0 Å². The molecule has 0 saturated heterocycles. The predicted molar refractivity (Wildman–Crippen MR) is 83.4 cm³/mol. The van der Waals surface area contributed by atoms with E-state index in [1.165, 1.54) is 32.1 Å². The smallest absolute Gasteiger partial charge is 0.323 e. The molecular formula is C17H30N2O2. The molecule has 0 radical (unpaired) electrons. The average Bonchev–Trinajstić information content (AvgIpc) is 3.34. The van der Waals surface area contributed by atoms with Crippen molar-refractivity contribution in [1.29, 1.82) is 0 Å². The molecule has 3 fully saturated rings. The van der Waals surface area contributed by atoms with Gasteiger partial charge in [-0.1, -0.05) is 13.3 Å². The highest BCUT2D eigenvalue weighted by atomic mass is 16.4. The molecule has 0 heterocycles. The van der Waals surface area contributed by atoms with Crippen LogP contribution in [0, 0.1) is 0 Å². The lowest BCUT2D eigenvalue weighted by Crippen LogP contribution is -2.59. The van der Waals surface area contributed by atoms with Gasteiger partial charge in [0.1, 0.15) is 5.54 Å². The molecule has 4 heteroatoms. The van der Waals surface area contributed by atoms with E-state index < -0.39 is 11.5 Å². The number of hydrogen-bond donors (Lipinski definition) is 2. The number of aliphatic carboxylic acids is 1. The maximum atomic E-state index is 11.9. The summed E-state index contributed by atoms with van der Waals surface area (Å²) in [6.45, 7) is 3.40. The van der Waals surface area contributed by atoms with Crippen molar-refractivity contribution in [1.82, 2.24) is 10.2 Å². The second-order valence-electron chi connectivity index (χ2n) is 7.38. The molecule has 0 amide bonds. The highest BCUT2D eigenvalue weighted by molar-refractivity contribution is 5.79. The fourth-order valence-electron chi connectivity index (χ4n) is 3.94. The number of rotatable bonds is 8. The van der Waals surface area contributed by atoms with Crippen LogP contribution in [-0.4, -0.2) is 46.2 Å². The summed E-state index contributed by atoms with van der Waals surface area (Å²) in [5.74, 6) is -0.620. The predicted octanol–water partition coefficient (Wildman–Crippen LogP) is 2.77. The molecule has 2 N–H and O–H groups in total. The molecule has 3 aliphatic carbocycles. The lowest BCUT2D eigenvalue weighted by Gasteiger charge is -2.43. The van der Waals surface area contributed by atoms with Crippen LogP contribution in [0.1, 0.15) is 71.1 Å². The van der Waals surface area contributed by atoms with E-state index in [0.717, 1.165) is 44.7 Å². The molecule has 2 atom stereocenters. The van der Waals surface area contributed by atoms with E-state index in [2.05, 4.69) is 17.1 Å². The van der Waals surface area contributed by atoms with Crippen LogP contribution < -0.4 is 5.32 Å². The summed E-state index contributed by atoms with van der Waals surface area (Å²) in [5, 5.41) is 13.3. The van der Waals surface area contributed by atoms with Crippen molar-refractivity contribution in [2.75, 3.05) is 6.54 Å². The van der Waals surface area contributed by atoms with Gasteiger partial charge in [-0.15, -0.1) is 0 Å². The fourth-order valence-corrected chi connectivity index (χ4v) is 3.94. The summed E-state index contributed by atoms with van der Waals surface area (Å²) < 4.78 is 0. The van der Waals surface area contributed by atoms with E-state index in [0.29, 0.717) is 12.1 Å². The number of carboxylic acids is 1. The van der Waals surface area contributed by atoms with Crippen molar-refractivity contribution < 1.29 is 9.90 Å². The van der Waals surface area contributed by atoms with E-state index in [1.54, 1.807) is 0 Å². The van der Waals surface area contributed by atoms with Crippen LogP contribution >= 0.6 is 0 Å². The minimum atomic E-state index is -0.649. The zero-order chi connectivity index (χ0) is 14.9. The third-order valence-electron chi connectivity index (χ3n) is 5.45. The molecule has 0 aromatic carbocycles. The third kappa shape index (κ3) is 3.59. The molecule has 120 valence electrons. The number of carbonyl (C=O) groups is 1. The lowest BCUT2D eigenvalue weighted by molar-refractivity contribution is -0.147. The van der Waals surface area contributed by atoms with Crippen molar-refractivity contribution in [2.45, 2.75) is 94.8 Å². The Morgan fingerprint density at radius 2 is 2.00 bits per heavy atom. The Morgan fingerprint density at radius 3 is 2.57 bits per heavy atom. The Morgan fingerprint density at radius 1 is 1.24 bits per heavy atom. The number of nitrogens with zero attached hydrogens (tertiary/aromatic N) is 1. The molecule has 3 aliphatic rings. The van der Waals surface area contributed by atoms with Gasteiger partial charge in [0.25, 0.3) is 0 Å². The normalized spacial score (nSPS) is 33.3. The zero-order valence-corrected chi connectivity index (χ0v) is 13.3. The third-order valence-corrected chi connectivity index (χ3v) is 5.45. The molecule has 0 aromatic rings. The molecule has 3 rings (SSSR count). The topological polar surface area (TPSA) is 52.6 Å². The number of hydrogen-bond acceptors (Lipinski definition) is 3. The van der Waals surface area contributed by atoms with Gasteiger partial charge in [0, 0.05) is 18.1 Å². The zero-order valence-electron chi connectivity index (χ0n) is 13.3. The molecule has 3 saturated carbocycles. The largest absolute Gasteiger partial charge is 0.480 e. The van der Waals surface area contributed by atoms with Crippen molar-refractivity contribution in [3.63, 3.8) is 0 Å².